The van der Waals surface area contributed by atoms with Crippen molar-refractivity contribution in [2.24, 2.45) is 0 Å². The number of aromatic nitrogens is 2. The number of nitrogens with one attached hydrogen (secondary N) is 1. The molecular formula is C11H15N3OS. The Balaban J connectivity index is 2.21. The first-order valence-electron chi connectivity index (χ1n) is 5.31. The molecule has 0 saturated carbocycles. The van der Waals surface area contributed by atoms with Crippen molar-refractivity contribution in [2.45, 2.75) is 27.3 Å². The third kappa shape index (κ3) is 2.31. The van der Waals surface area contributed by atoms with Crippen molar-refractivity contribution in [1.29, 1.82) is 0 Å². The zero-order valence-corrected chi connectivity index (χ0v) is 10.5. The topological polar surface area (TPSA) is 51.0 Å². The monoisotopic (exact) mass is 237 g/mol. The molecule has 4 nitrogen and oxygen atoms in total. The van der Waals surface area contributed by atoms with Crippen LogP contribution < -0.4 is 5.32 Å². The molecule has 0 saturated heterocycles. The summed E-state index contributed by atoms with van der Waals surface area (Å²) < 4.78 is 5.32. The highest BCUT2D eigenvalue weighted by Gasteiger charge is 2.12. The molecule has 2 aromatic rings. The summed E-state index contributed by atoms with van der Waals surface area (Å²) in [6.07, 6.45) is 0. The van der Waals surface area contributed by atoms with Crippen molar-refractivity contribution in [3.05, 3.63) is 22.5 Å². The summed E-state index contributed by atoms with van der Waals surface area (Å²) in [6.45, 7) is 7.73. The third-order valence-electron chi connectivity index (χ3n) is 2.24. The van der Waals surface area contributed by atoms with E-state index in [1.165, 1.54) is 0 Å². The first-order valence-corrected chi connectivity index (χ1v) is 6.13. The van der Waals surface area contributed by atoms with Gasteiger partial charge < -0.3 is 9.84 Å². The van der Waals surface area contributed by atoms with Crippen molar-refractivity contribution in [2.75, 3.05) is 6.54 Å². The van der Waals surface area contributed by atoms with Crippen molar-refractivity contribution in [3.8, 4) is 10.6 Å². The van der Waals surface area contributed by atoms with E-state index in [1.54, 1.807) is 11.3 Å². The predicted molar refractivity (Wildman–Crippen MR) is 64.5 cm³/mol. The van der Waals surface area contributed by atoms with E-state index in [0.29, 0.717) is 0 Å². The molecule has 0 unspecified atom stereocenters. The van der Waals surface area contributed by atoms with Crippen LogP contribution in [0.25, 0.3) is 10.6 Å². The van der Waals surface area contributed by atoms with Crippen molar-refractivity contribution < 1.29 is 4.52 Å². The molecule has 0 aliphatic rings. The summed E-state index contributed by atoms with van der Waals surface area (Å²) in [5.41, 5.74) is 1.94. The van der Waals surface area contributed by atoms with Gasteiger partial charge in [0.15, 0.2) is 5.76 Å². The van der Waals surface area contributed by atoms with Gasteiger partial charge in [0, 0.05) is 12.6 Å². The zero-order chi connectivity index (χ0) is 11.5. The number of aryl methyl sites for hydroxylation is 2. The highest BCUT2D eigenvalue weighted by Crippen LogP contribution is 2.29. The van der Waals surface area contributed by atoms with E-state index in [0.717, 1.165) is 40.1 Å². The molecule has 0 bridgehead atoms. The van der Waals surface area contributed by atoms with Crippen LogP contribution in [0.4, 0.5) is 0 Å². The molecule has 2 heterocycles. The van der Waals surface area contributed by atoms with Gasteiger partial charge in [0.2, 0.25) is 0 Å². The molecule has 0 aromatic carbocycles. The van der Waals surface area contributed by atoms with Gasteiger partial charge in [-0.2, -0.15) is 0 Å². The van der Waals surface area contributed by atoms with Gasteiger partial charge in [0.25, 0.3) is 0 Å². The fourth-order valence-electron chi connectivity index (χ4n) is 1.52. The average molecular weight is 237 g/mol. The Hall–Kier alpha value is -1.20. The van der Waals surface area contributed by atoms with Gasteiger partial charge in [0.05, 0.1) is 21.3 Å². The van der Waals surface area contributed by atoms with Crippen LogP contribution in [-0.4, -0.2) is 16.7 Å². The van der Waals surface area contributed by atoms with Crippen molar-refractivity contribution in [3.63, 3.8) is 0 Å². The van der Waals surface area contributed by atoms with E-state index in [9.17, 15) is 0 Å². The molecule has 0 atom stereocenters. The maximum Gasteiger partial charge on any atom is 0.179 e. The second-order valence-corrected chi connectivity index (χ2v) is 4.81. The second-order valence-electron chi connectivity index (χ2n) is 3.61. The van der Waals surface area contributed by atoms with Gasteiger partial charge in [0.1, 0.15) is 0 Å². The lowest BCUT2D eigenvalue weighted by atomic mass is 10.3. The van der Waals surface area contributed by atoms with Gasteiger partial charge in [-0.05, 0) is 20.4 Å². The van der Waals surface area contributed by atoms with Crippen LogP contribution >= 0.6 is 11.3 Å². The molecule has 0 spiro atoms. The van der Waals surface area contributed by atoms with Gasteiger partial charge in [-0.1, -0.05) is 12.1 Å². The minimum absolute atomic E-state index is 0.747. The second kappa shape index (κ2) is 4.76. The Labute approximate surface area is 98.7 Å². The summed E-state index contributed by atoms with van der Waals surface area (Å²) in [5.74, 6) is 0.816. The van der Waals surface area contributed by atoms with Crippen LogP contribution in [0.5, 0.6) is 0 Å². The number of hydrogen-bond donors (Lipinski definition) is 1. The van der Waals surface area contributed by atoms with Crippen molar-refractivity contribution >= 4 is 11.3 Å². The molecule has 0 radical (unpaired) electrons. The first-order chi connectivity index (χ1) is 7.70. The van der Waals surface area contributed by atoms with Crippen LogP contribution in [0.2, 0.25) is 0 Å². The smallest absolute Gasteiger partial charge is 0.179 e. The summed E-state index contributed by atoms with van der Waals surface area (Å²) in [5, 5.41) is 8.29. The molecule has 16 heavy (non-hydrogen) atoms. The van der Waals surface area contributed by atoms with Crippen LogP contribution in [-0.2, 0) is 6.54 Å². The Bertz CT molecular complexity index is 475. The lowest BCUT2D eigenvalue weighted by molar-refractivity contribution is 0.421. The van der Waals surface area contributed by atoms with E-state index in [4.69, 9.17) is 4.52 Å². The Morgan fingerprint density at radius 1 is 1.44 bits per heavy atom. The quantitative estimate of drug-likeness (QED) is 0.887. The molecule has 2 rings (SSSR count). The average Bonchev–Trinajstić information content (AvgIpc) is 2.82. The lowest BCUT2D eigenvalue weighted by Gasteiger charge is -1.93. The Kier molecular flexibility index (Phi) is 3.36. The molecule has 0 aliphatic heterocycles. The number of thiazole rings is 1. The summed E-state index contributed by atoms with van der Waals surface area (Å²) >= 11 is 1.64. The maximum atomic E-state index is 5.32. The molecule has 0 fully saturated rings. The zero-order valence-electron chi connectivity index (χ0n) is 9.70. The Morgan fingerprint density at radius 3 is 2.88 bits per heavy atom. The fourth-order valence-corrected chi connectivity index (χ4v) is 2.38. The van der Waals surface area contributed by atoms with Crippen molar-refractivity contribution in [1.82, 2.24) is 15.5 Å². The van der Waals surface area contributed by atoms with Crippen LogP contribution in [0.15, 0.2) is 10.6 Å². The first kappa shape index (κ1) is 11.3. The van der Waals surface area contributed by atoms with E-state index in [2.05, 4.69) is 22.4 Å². The number of nitrogens with zero attached hydrogens (tertiary/aromatic N) is 2. The fraction of sp³-hybridized carbons (Fsp3) is 0.455. The molecule has 1 N–H and O–H groups in total. The summed E-state index contributed by atoms with van der Waals surface area (Å²) in [6, 6.07) is 1.97. The van der Waals surface area contributed by atoms with E-state index >= 15 is 0 Å². The predicted octanol–water partition coefficient (Wildman–Crippen LogP) is 2.52. The van der Waals surface area contributed by atoms with Crippen LogP contribution in [0.3, 0.4) is 0 Å². The molecule has 0 amide bonds. The molecular weight excluding hydrogens is 222 g/mol. The van der Waals surface area contributed by atoms with E-state index < -0.39 is 0 Å². The lowest BCUT2D eigenvalue weighted by Crippen LogP contribution is -2.11. The maximum absolute atomic E-state index is 5.32. The van der Waals surface area contributed by atoms with Gasteiger partial charge in [-0.3, -0.25) is 0 Å². The highest BCUT2D eigenvalue weighted by atomic mass is 32.1. The van der Waals surface area contributed by atoms with Gasteiger partial charge >= 0.3 is 0 Å². The largest absolute Gasteiger partial charge is 0.355 e. The summed E-state index contributed by atoms with van der Waals surface area (Å²) in [4.78, 5) is 5.45. The van der Waals surface area contributed by atoms with Gasteiger partial charge in [-0.25, -0.2) is 4.98 Å². The third-order valence-corrected chi connectivity index (χ3v) is 3.33. The Morgan fingerprint density at radius 2 is 2.25 bits per heavy atom. The molecule has 5 heteroatoms. The number of hydrogen-bond acceptors (Lipinski definition) is 5. The van der Waals surface area contributed by atoms with E-state index in [-0.39, 0.29) is 0 Å². The van der Waals surface area contributed by atoms with Gasteiger partial charge in [-0.15, -0.1) is 11.3 Å². The van der Waals surface area contributed by atoms with E-state index in [1.807, 2.05) is 19.9 Å². The number of rotatable bonds is 4. The van der Waals surface area contributed by atoms with Crippen LogP contribution in [0.1, 0.15) is 23.3 Å². The summed E-state index contributed by atoms with van der Waals surface area (Å²) in [7, 11) is 0. The molecule has 2 aromatic heterocycles. The standard InChI is InChI=1S/C11H15N3OS/c1-4-12-6-9-5-10(15-14-9)11-7(2)13-8(3)16-11/h5,12H,4,6H2,1-3H3. The SMILES string of the molecule is CCNCc1cc(-c2sc(C)nc2C)on1. The normalized spacial score (nSPS) is 10.9. The minimum atomic E-state index is 0.747. The molecule has 86 valence electrons. The molecule has 0 aliphatic carbocycles. The van der Waals surface area contributed by atoms with Crippen LogP contribution in [0, 0.1) is 13.8 Å². The highest BCUT2D eigenvalue weighted by molar-refractivity contribution is 7.15. The minimum Gasteiger partial charge on any atom is -0.355 e.